The second-order valence-corrected chi connectivity index (χ2v) is 7.48. The van der Waals surface area contributed by atoms with E-state index < -0.39 is 5.97 Å². The Morgan fingerprint density at radius 2 is 1.67 bits per heavy atom. The molecular formula is C22H21NO3S. The number of thiophene rings is 1. The fourth-order valence-corrected chi connectivity index (χ4v) is 3.99. The van der Waals surface area contributed by atoms with Crippen LogP contribution >= 0.6 is 11.3 Å². The zero-order chi connectivity index (χ0) is 19.4. The second-order valence-electron chi connectivity index (χ2n) is 6.25. The predicted molar refractivity (Wildman–Crippen MR) is 109 cm³/mol. The lowest BCUT2D eigenvalue weighted by atomic mass is 9.99. The first-order valence-electron chi connectivity index (χ1n) is 8.62. The summed E-state index contributed by atoms with van der Waals surface area (Å²) in [6.45, 7) is 3.78. The van der Waals surface area contributed by atoms with Crippen LogP contribution < -0.4 is 5.32 Å². The fraction of sp³-hybridized carbons (Fsp3) is 0.182. The molecule has 27 heavy (non-hydrogen) atoms. The Bertz CT molecular complexity index is 976. The maximum absolute atomic E-state index is 13.0. The van der Waals surface area contributed by atoms with Crippen molar-refractivity contribution < 1.29 is 14.3 Å². The van der Waals surface area contributed by atoms with E-state index in [0.29, 0.717) is 22.5 Å². The monoisotopic (exact) mass is 379 g/mol. The summed E-state index contributed by atoms with van der Waals surface area (Å²) >= 11 is 1.38. The summed E-state index contributed by atoms with van der Waals surface area (Å²) in [5, 5.41) is 3.43. The van der Waals surface area contributed by atoms with Crippen LogP contribution in [0.1, 0.15) is 42.3 Å². The molecule has 0 spiro atoms. The molecule has 0 aliphatic heterocycles. The SMILES string of the molecule is COC(=O)c1c(NC(=O)c2ccccc2Cc2ccccc2)sc(C)c1C. The minimum atomic E-state index is -0.440. The minimum Gasteiger partial charge on any atom is -0.465 e. The molecule has 3 aromatic rings. The molecule has 1 N–H and O–H groups in total. The number of amides is 1. The highest BCUT2D eigenvalue weighted by molar-refractivity contribution is 7.16. The average molecular weight is 379 g/mol. The Morgan fingerprint density at radius 3 is 2.37 bits per heavy atom. The van der Waals surface area contributed by atoms with Crippen molar-refractivity contribution in [2.75, 3.05) is 12.4 Å². The van der Waals surface area contributed by atoms with Crippen molar-refractivity contribution in [1.29, 1.82) is 0 Å². The summed E-state index contributed by atoms with van der Waals surface area (Å²) < 4.78 is 4.88. The molecule has 0 saturated heterocycles. The van der Waals surface area contributed by atoms with Crippen LogP contribution in [0.15, 0.2) is 54.6 Å². The van der Waals surface area contributed by atoms with Crippen molar-refractivity contribution in [3.8, 4) is 0 Å². The van der Waals surface area contributed by atoms with Gasteiger partial charge in [0.25, 0.3) is 5.91 Å². The molecule has 1 amide bonds. The number of methoxy groups -OCH3 is 1. The van der Waals surface area contributed by atoms with Gasteiger partial charge < -0.3 is 10.1 Å². The van der Waals surface area contributed by atoms with Gasteiger partial charge in [-0.05, 0) is 43.0 Å². The van der Waals surface area contributed by atoms with E-state index in [1.54, 1.807) is 6.07 Å². The van der Waals surface area contributed by atoms with Gasteiger partial charge >= 0.3 is 5.97 Å². The van der Waals surface area contributed by atoms with Gasteiger partial charge in [0.1, 0.15) is 5.00 Å². The van der Waals surface area contributed by atoms with Crippen LogP contribution in [-0.4, -0.2) is 19.0 Å². The number of aryl methyl sites for hydroxylation is 1. The molecule has 4 nitrogen and oxygen atoms in total. The Kier molecular flexibility index (Phi) is 5.72. The number of rotatable bonds is 5. The topological polar surface area (TPSA) is 55.4 Å². The molecule has 0 bridgehead atoms. The van der Waals surface area contributed by atoms with Crippen LogP contribution in [0.25, 0.3) is 0 Å². The first-order valence-corrected chi connectivity index (χ1v) is 9.44. The summed E-state index contributed by atoms with van der Waals surface area (Å²) in [6, 6.07) is 17.5. The number of anilines is 1. The first-order chi connectivity index (χ1) is 13.0. The predicted octanol–water partition coefficient (Wildman–Crippen LogP) is 4.99. The largest absolute Gasteiger partial charge is 0.465 e. The molecule has 0 atom stereocenters. The number of nitrogens with one attached hydrogen (secondary N) is 1. The lowest BCUT2D eigenvalue weighted by molar-refractivity contribution is 0.0601. The van der Waals surface area contributed by atoms with Gasteiger partial charge in [-0.25, -0.2) is 4.79 Å². The molecule has 138 valence electrons. The maximum Gasteiger partial charge on any atom is 0.341 e. The van der Waals surface area contributed by atoms with E-state index in [0.717, 1.165) is 21.6 Å². The number of ether oxygens (including phenoxy) is 1. The smallest absolute Gasteiger partial charge is 0.341 e. The highest BCUT2D eigenvalue weighted by Gasteiger charge is 2.22. The zero-order valence-electron chi connectivity index (χ0n) is 15.5. The third-order valence-electron chi connectivity index (χ3n) is 4.50. The van der Waals surface area contributed by atoms with Crippen molar-refractivity contribution in [2.24, 2.45) is 0 Å². The summed E-state index contributed by atoms with van der Waals surface area (Å²) in [7, 11) is 1.34. The van der Waals surface area contributed by atoms with Gasteiger partial charge in [-0.15, -0.1) is 11.3 Å². The number of esters is 1. The van der Waals surface area contributed by atoms with Gasteiger partial charge in [0.15, 0.2) is 0 Å². The van der Waals surface area contributed by atoms with Crippen LogP contribution in [0.4, 0.5) is 5.00 Å². The number of benzene rings is 2. The van der Waals surface area contributed by atoms with Crippen LogP contribution in [0, 0.1) is 13.8 Å². The maximum atomic E-state index is 13.0. The molecular weight excluding hydrogens is 358 g/mol. The Labute approximate surface area is 162 Å². The molecule has 0 radical (unpaired) electrons. The van der Waals surface area contributed by atoms with Crippen molar-refractivity contribution in [3.05, 3.63) is 87.3 Å². The van der Waals surface area contributed by atoms with E-state index in [1.807, 2.05) is 62.4 Å². The highest BCUT2D eigenvalue weighted by Crippen LogP contribution is 2.33. The van der Waals surface area contributed by atoms with Gasteiger partial charge in [0.2, 0.25) is 0 Å². The van der Waals surface area contributed by atoms with Crippen molar-refractivity contribution in [1.82, 2.24) is 0 Å². The lowest BCUT2D eigenvalue weighted by Crippen LogP contribution is -2.16. The van der Waals surface area contributed by atoms with E-state index in [2.05, 4.69) is 5.32 Å². The van der Waals surface area contributed by atoms with E-state index in [4.69, 9.17) is 4.74 Å². The van der Waals surface area contributed by atoms with Gasteiger partial charge in [-0.3, -0.25) is 4.79 Å². The van der Waals surface area contributed by atoms with Gasteiger partial charge in [0.05, 0.1) is 12.7 Å². The Morgan fingerprint density at radius 1 is 1.00 bits per heavy atom. The Balaban J connectivity index is 1.90. The molecule has 0 fully saturated rings. The lowest BCUT2D eigenvalue weighted by Gasteiger charge is -2.11. The summed E-state index contributed by atoms with van der Waals surface area (Å²) in [5.74, 6) is -0.669. The summed E-state index contributed by atoms with van der Waals surface area (Å²) in [6.07, 6.45) is 0.663. The van der Waals surface area contributed by atoms with Gasteiger partial charge in [-0.1, -0.05) is 48.5 Å². The zero-order valence-corrected chi connectivity index (χ0v) is 16.4. The van der Waals surface area contributed by atoms with Crippen molar-refractivity contribution in [2.45, 2.75) is 20.3 Å². The second kappa shape index (κ2) is 8.18. The van der Waals surface area contributed by atoms with E-state index in [9.17, 15) is 9.59 Å². The molecule has 0 aliphatic rings. The molecule has 1 aromatic heterocycles. The summed E-state index contributed by atoms with van der Waals surface area (Å²) in [5.41, 5.74) is 3.93. The molecule has 1 heterocycles. The Hall–Kier alpha value is -2.92. The van der Waals surface area contributed by atoms with Crippen LogP contribution in [0.2, 0.25) is 0 Å². The quantitative estimate of drug-likeness (QED) is 0.635. The molecule has 3 rings (SSSR count). The average Bonchev–Trinajstić information content (AvgIpc) is 2.96. The van der Waals surface area contributed by atoms with Crippen LogP contribution in [0.5, 0.6) is 0 Å². The van der Waals surface area contributed by atoms with E-state index >= 15 is 0 Å². The molecule has 0 unspecified atom stereocenters. The molecule has 0 aliphatic carbocycles. The third kappa shape index (κ3) is 4.09. The molecule has 2 aromatic carbocycles. The normalized spacial score (nSPS) is 10.5. The van der Waals surface area contributed by atoms with Crippen LogP contribution in [0.3, 0.4) is 0 Å². The van der Waals surface area contributed by atoms with Gasteiger partial charge in [0, 0.05) is 10.4 Å². The fourth-order valence-electron chi connectivity index (χ4n) is 2.95. The molecule has 0 saturated carbocycles. The summed E-state index contributed by atoms with van der Waals surface area (Å²) in [4.78, 5) is 26.1. The van der Waals surface area contributed by atoms with Gasteiger partial charge in [-0.2, -0.15) is 0 Å². The third-order valence-corrected chi connectivity index (χ3v) is 5.62. The molecule has 5 heteroatoms. The minimum absolute atomic E-state index is 0.229. The van der Waals surface area contributed by atoms with Crippen molar-refractivity contribution in [3.63, 3.8) is 0 Å². The number of hydrogen-bond acceptors (Lipinski definition) is 4. The van der Waals surface area contributed by atoms with E-state index in [-0.39, 0.29) is 5.91 Å². The van der Waals surface area contributed by atoms with Crippen LogP contribution in [-0.2, 0) is 11.2 Å². The number of carbonyl (C=O) groups excluding carboxylic acids is 2. The van der Waals surface area contributed by atoms with E-state index in [1.165, 1.54) is 18.4 Å². The standard InChI is InChI=1S/C22H21NO3S/c1-14-15(2)27-21(19(14)22(25)26-3)23-20(24)18-12-8-7-11-17(18)13-16-9-5-4-6-10-16/h4-12H,13H2,1-3H3,(H,23,24). The highest BCUT2D eigenvalue weighted by atomic mass is 32.1. The number of carbonyl (C=O) groups is 2. The number of hydrogen-bond donors (Lipinski definition) is 1. The first kappa shape index (κ1) is 18.9. The van der Waals surface area contributed by atoms with Crippen molar-refractivity contribution >= 4 is 28.2 Å².